The summed E-state index contributed by atoms with van der Waals surface area (Å²) in [6, 6.07) is 2.92. The third kappa shape index (κ3) is 5.56. The number of nitrogens with zero attached hydrogens (tertiary/aromatic N) is 1. The quantitative estimate of drug-likeness (QED) is 0.128. The van der Waals surface area contributed by atoms with Crippen molar-refractivity contribution in [3.8, 4) is 17.2 Å². The van der Waals surface area contributed by atoms with Crippen LogP contribution in [-0.4, -0.2) is 30.4 Å². The van der Waals surface area contributed by atoms with E-state index in [1.807, 2.05) is 0 Å². The molecule has 2 aromatic rings. The molecule has 31 heavy (non-hydrogen) atoms. The maximum Gasteiger partial charge on any atom is 0.349 e. The van der Waals surface area contributed by atoms with Crippen molar-refractivity contribution in [1.82, 2.24) is 0 Å². The van der Waals surface area contributed by atoms with Gasteiger partial charge in [-0.3, -0.25) is 10.1 Å². The lowest BCUT2D eigenvalue weighted by molar-refractivity contribution is -0.386. The van der Waals surface area contributed by atoms with Gasteiger partial charge in [-0.25, -0.2) is 13.6 Å². The molecule has 0 radical (unpaired) electrons. The molecular weight excluding hydrogens is 447 g/mol. The zero-order valence-corrected chi connectivity index (χ0v) is 17.3. The van der Waals surface area contributed by atoms with Crippen molar-refractivity contribution in [3.63, 3.8) is 0 Å². The summed E-state index contributed by atoms with van der Waals surface area (Å²) in [7, 11) is 0. The van der Waals surface area contributed by atoms with Gasteiger partial charge in [0, 0.05) is 24.3 Å². The van der Waals surface area contributed by atoms with Gasteiger partial charge in [0.05, 0.1) is 4.92 Å². The summed E-state index contributed by atoms with van der Waals surface area (Å²) >= 11 is 5.71. The van der Waals surface area contributed by atoms with E-state index in [-0.39, 0.29) is 12.5 Å². The molecule has 0 spiro atoms. The highest BCUT2D eigenvalue weighted by molar-refractivity contribution is 6.32. The molecule has 2 aromatic carbocycles. The third-order valence-electron chi connectivity index (χ3n) is 3.91. The number of nitro groups is 1. The van der Waals surface area contributed by atoms with Crippen molar-refractivity contribution in [2.75, 3.05) is 13.4 Å². The minimum Gasteiger partial charge on any atom is -0.472 e. The monoisotopic (exact) mass is 463 g/mol. The molecule has 0 heterocycles. The molecule has 1 unspecified atom stereocenters. The first-order valence-electron chi connectivity index (χ1n) is 8.78. The van der Waals surface area contributed by atoms with Gasteiger partial charge < -0.3 is 18.9 Å². The Labute approximate surface area is 179 Å². The summed E-state index contributed by atoms with van der Waals surface area (Å²) in [4.78, 5) is 22.4. The van der Waals surface area contributed by atoms with Crippen molar-refractivity contribution in [1.29, 1.82) is 0 Å². The number of rotatable bonds is 9. The Kier molecular flexibility index (Phi) is 8.06. The van der Waals surface area contributed by atoms with Crippen LogP contribution in [0.4, 0.5) is 18.9 Å². The van der Waals surface area contributed by atoms with Gasteiger partial charge in [0.15, 0.2) is 30.3 Å². The van der Waals surface area contributed by atoms with Gasteiger partial charge >= 0.3 is 11.7 Å². The molecule has 1 atom stereocenters. The lowest BCUT2D eigenvalue weighted by Gasteiger charge is -2.16. The first kappa shape index (κ1) is 24.2. The minimum absolute atomic E-state index is 0.293. The molecule has 2 rings (SSSR count). The predicted octanol–water partition coefficient (Wildman–Crippen LogP) is 5.07. The normalized spacial score (nSPS) is 11.7. The molecule has 0 saturated carbocycles. The fourth-order valence-electron chi connectivity index (χ4n) is 2.27. The van der Waals surface area contributed by atoms with Crippen molar-refractivity contribution >= 4 is 23.3 Å². The summed E-state index contributed by atoms with van der Waals surface area (Å²) in [5, 5.41) is 10.4. The highest BCUT2D eigenvalue weighted by Gasteiger charge is 2.26. The molecule has 0 aromatic heterocycles. The Morgan fingerprint density at radius 2 is 1.90 bits per heavy atom. The Bertz CT molecular complexity index is 974. The minimum atomic E-state index is -1.54. The van der Waals surface area contributed by atoms with E-state index in [1.54, 1.807) is 6.92 Å². The van der Waals surface area contributed by atoms with Crippen LogP contribution in [0.25, 0.3) is 0 Å². The zero-order chi connectivity index (χ0) is 23.3. The summed E-state index contributed by atoms with van der Waals surface area (Å²) in [6.07, 6.45) is -1.29. The number of carbonyl (C=O) groups excluding carboxylic acids is 1. The number of ether oxygens (including phenoxy) is 4. The maximum atomic E-state index is 14.2. The largest absolute Gasteiger partial charge is 0.472 e. The first-order chi connectivity index (χ1) is 14.6. The summed E-state index contributed by atoms with van der Waals surface area (Å²) in [5.41, 5.74) is -1.19. The van der Waals surface area contributed by atoms with Gasteiger partial charge in [-0.2, -0.15) is 4.39 Å². The number of carbonyl (C=O) groups is 1. The number of nitro benzene ring substituents is 1. The molecule has 12 heteroatoms. The summed E-state index contributed by atoms with van der Waals surface area (Å²) < 4.78 is 62.1. The number of hydrogen-bond acceptors (Lipinski definition) is 7. The van der Waals surface area contributed by atoms with Crippen molar-refractivity contribution in [2.45, 2.75) is 26.9 Å². The van der Waals surface area contributed by atoms with E-state index in [0.717, 1.165) is 25.1 Å². The van der Waals surface area contributed by atoms with Gasteiger partial charge in [-0.15, -0.1) is 0 Å². The van der Waals surface area contributed by atoms with E-state index in [2.05, 4.69) is 0 Å². The van der Waals surface area contributed by atoms with Gasteiger partial charge in [-0.1, -0.05) is 11.6 Å². The predicted molar refractivity (Wildman–Crippen MR) is 102 cm³/mol. The Morgan fingerprint density at radius 1 is 1.23 bits per heavy atom. The second kappa shape index (κ2) is 10.3. The van der Waals surface area contributed by atoms with E-state index in [1.165, 1.54) is 6.92 Å². The van der Waals surface area contributed by atoms with Crippen LogP contribution in [0, 0.1) is 34.5 Å². The summed E-state index contributed by atoms with van der Waals surface area (Å²) in [6.45, 7) is 3.91. The number of hydrogen-bond donors (Lipinski definition) is 0. The second-order valence-electron chi connectivity index (χ2n) is 6.03. The molecule has 0 aliphatic rings. The van der Waals surface area contributed by atoms with Crippen molar-refractivity contribution < 1.29 is 41.8 Å². The molecule has 168 valence electrons. The standard InChI is InChI=1S/C19H17ClF3NO7/c1-4-28-8-29-19(25)10(3)30-13-7-11(5-6-12(13)24(26)27)31-18-14(20)15(21)9(2)16(22)17(18)23/h5-7,10H,4,8H2,1-3H3. The van der Waals surface area contributed by atoms with Crippen LogP contribution >= 0.6 is 11.6 Å². The Hall–Kier alpha value is -3.05. The van der Waals surface area contributed by atoms with E-state index in [0.29, 0.717) is 6.61 Å². The number of esters is 1. The average molecular weight is 464 g/mol. The zero-order valence-electron chi connectivity index (χ0n) is 16.5. The molecule has 0 N–H and O–H groups in total. The molecular formula is C19H17ClF3NO7. The van der Waals surface area contributed by atoms with E-state index >= 15 is 0 Å². The van der Waals surface area contributed by atoms with Crippen LogP contribution in [-0.2, 0) is 14.3 Å². The topological polar surface area (TPSA) is 97.1 Å². The highest BCUT2D eigenvalue weighted by atomic mass is 35.5. The van der Waals surface area contributed by atoms with Crippen molar-refractivity contribution in [3.05, 3.63) is 56.4 Å². The van der Waals surface area contributed by atoms with E-state index in [9.17, 15) is 28.1 Å². The Balaban J connectivity index is 2.35. The first-order valence-corrected chi connectivity index (χ1v) is 9.16. The molecule has 0 saturated heterocycles. The van der Waals surface area contributed by atoms with Crippen molar-refractivity contribution in [2.24, 2.45) is 0 Å². The third-order valence-corrected chi connectivity index (χ3v) is 4.25. The van der Waals surface area contributed by atoms with Gasteiger partial charge in [-0.05, 0) is 26.8 Å². The molecule has 0 aliphatic heterocycles. The lowest BCUT2D eigenvalue weighted by Crippen LogP contribution is -2.27. The number of benzene rings is 2. The van der Waals surface area contributed by atoms with Crippen LogP contribution < -0.4 is 9.47 Å². The van der Waals surface area contributed by atoms with Crippen LogP contribution in [0.3, 0.4) is 0 Å². The number of halogens is 4. The van der Waals surface area contributed by atoms with Gasteiger partial charge in [0.25, 0.3) is 0 Å². The van der Waals surface area contributed by atoms with E-state index in [4.69, 9.17) is 30.5 Å². The SMILES string of the molecule is CCOCOC(=O)C(C)Oc1cc(Oc2c(F)c(F)c(C)c(F)c2Cl)ccc1[N+](=O)[O-]. The van der Waals surface area contributed by atoms with Crippen LogP contribution in [0.1, 0.15) is 19.4 Å². The Morgan fingerprint density at radius 3 is 2.52 bits per heavy atom. The fourth-order valence-corrected chi connectivity index (χ4v) is 2.53. The summed E-state index contributed by atoms with van der Waals surface area (Å²) in [5.74, 6) is -6.82. The highest BCUT2D eigenvalue weighted by Crippen LogP contribution is 2.40. The van der Waals surface area contributed by atoms with Gasteiger partial charge in [0.1, 0.15) is 10.8 Å². The van der Waals surface area contributed by atoms with Crippen LogP contribution in [0.2, 0.25) is 5.02 Å². The second-order valence-corrected chi connectivity index (χ2v) is 6.41. The van der Waals surface area contributed by atoms with Crippen LogP contribution in [0.5, 0.6) is 17.2 Å². The maximum absolute atomic E-state index is 14.2. The molecule has 8 nitrogen and oxygen atoms in total. The fraction of sp³-hybridized carbons (Fsp3) is 0.316. The molecule has 0 amide bonds. The van der Waals surface area contributed by atoms with E-state index < -0.39 is 62.2 Å². The van der Waals surface area contributed by atoms with Gasteiger partial charge in [0.2, 0.25) is 11.6 Å². The molecule has 0 fully saturated rings. The molecule has 0 bridgehead atoms. The average Bonchev–Trinajstić information content (AvgIpc) is 2.74. The lowest BCUT2D eigenvalue weighted by atomic mass is 10.2. The smallest absolute Gasteiger partial charge is 0.349 e. The molecule has 0 aliphatic carbocycles. The van der Waals surface area contributed by atoms with Crippen LogP contribution in [0.15, 0.2) is 18.2 Å².